The average Bonchev–Trinajstić information content (AvgIpc) is 2.33. The zero-order valence-corrected chi connectivity index (χ0v) is 12.1. The predicted molar refractivity (Wildman–Crippen MR) is 80.2 cm³/mol. The molecule has 0 amide bonds. The van der Waals surface area contributed by atoms with Crippen LogP contribution in [0, 0.1) is 13.8 Å². The molecule has 0 aromatic heterocycles. The fourth-order valence-corrected chi connectivity index (χ4v) is 2.35. The third-order valence-electron chi connectivity index (χ3n) is 3.09. The zero-order chi connectivity index (χ0) is 14.2. The second-order valence-electron chi connectivity index (χ2n) is 4.48. The molecule has 2 aromatic carbocycles. The molecule has 2 N–H and O–H groups in total. The Morgan fingerprint density at radius 3 is 2.26 bits per heavy atom. The molecule has 0 spiro atoms. The second-order valence-corrected chi connectivity index (χ2v) is 5.32. The highest BCUT2D eigenvalue weighted by atomic mass is 35.5. The van der Waals surface area contributed by atoms with Crippen molar-refractivity contribution in [2.45, 2.75) is 13.8 Å². The van der Waals surface area contributed by atoms with Gasteiger partial charge in [-0.15, -0.1) is 0 Å². The summed E-state index contributed by atoms with van der Waals surface area (Å²) in [5.74, 6) is -0.192. The summed E-state index contributed by atoms with van der Waals surface area (Å²) in [6.45, 7) is 3.89. The third-order valence-corrected chi connectivity index (χ3v) is 3.63. The zero-order valence-electron chi connectivity index (χ0n) is 10.6. The Hall–Kier alpha value is -1.51. The monoisotopic (exact) mass is 293 g/mol. The van der Waals surface area contributed by atoms with E-state index in [1.807, 2.05) is 13.8 Å². The van der Waals surface area contributed by atoms with Gasteiger partial charge in [-0.2, -0.15) is 0 Å². The summed E-state index contributed by atoms with van der Waals surface area (Å²) < 4.78 is 0. The van der Waals surface area contributed by atoms with Crippen LogP contribution in [0.2, 0.25) is 10.0 Å². The third kappa shape index (κ3) is 2.75. The summed E-state index contributed by atoms with van der Waals surface area (Å²) in [5, 5.41) is 0.824. The van der Waals surface area contributed by atoms with E-state index in [4.69, 9.17) is 28.9 Å². The minimum absolute atomic E-state index is 0.192. The van der Waals surface area contributed by atoms with Crippen molar-refractivity contribution in [2.75, 3.05) is 5.73 Å². The molecular formula is C15H13Cl2NO. The topological polar surface area (TPSA) is 43.1 Å². The van der Waals surface area contributed by atoms with Crippen LogP contribution in [0.5, 0.6) is 0 Å². The number of nitrogen functional groups attached to an aromatic ring is 1. The van der Waals surface area contributed by atoms with Crippen molar-refractivity contribution in [1.29, 1.82) is 0 Å². The largest absolute Gasteiger partial charge is 0.398 e. The molecule has 0 bridgehead atoms. The van der Waals surface area contributed by atoms with E-state index in [9.17, 15) is 4.79 Å². The second kappa shape index (κ2) is 5.24. The van der Waals surface area contributed by atoms with Gasteiger partial charge >= 0.3 is 0 Å². The SMILES string of the molecule is Cc1cc(N)c(C(=O)c2ccc(Cl)cc2Cl)cc1C. The maximum absolute atomic E-state index is 12.5. The number of carbonyl (C=O) groups excluding carboxylic acids is 1. The van der Waals surface area contributed by atoms with Gasteiger partial charge in [0.15, 0.2) is 5.78 Å². The molecular weight excluding hydrogens is 281 g/mol. The molecule has 98 valence electrons. The molecule has 2 aromatic rings. The van der Waals surface area contributed by atoms with Gasteiger partial charge in [0.25, 0.3) is 0 Å². The van der Waals surface area contributed by atoms with Crippen LogP contribution in [0.1, 0.15) is 27.0 Å². The Morgan fingerprint density at radius 1 is 1.00 bits per heavy atom. The van der Waals surface area contributed by atoms with Gasteiger partial charge in [0.05, 0.1) is 5.02 Å². The highest BCUT2D eigenvalue weighted by Gasteiger charge is 2.16. The van der Waals surface area contributed by atoms with Crippen LogP contribution in [0.15, 0.2) is 30.3 Å². The van der Waals surface area contributed by atoms with Crippen molar-refractivity contribution >= 4 is 34.7 Å². The van der Waals surface area contributed by atoms with Crippen molar-refractivity contribution in [3.63, 3.8) is 0 Å². The first kappa shape index (κ1) is 13.9. The Balaban J connectivity index is 2.53. The minimum Gasteiger partial charge on any atom is -0.398 e. The van der Waals surface area contributed by atoms with Gasteiger partial charge in [-0.3, -0.25) is 4.79 Å². The highest BCUT2D eigenvalue weighted by molar-refractivity contribution is 6.37. The number of hydrogen-bond acceptors (Lipinski definition) is 2. The van der Waals surface area contributed by atoms with Crippen LogP contribution in [-0.4, -0.2) is 5.78 Å². The van der Waals surface area contributed by atoms with E-state index in [0.717, 1.165) is 11.1 Å². The normalized spacial score (nSPS) is 10.5. The average molecular weight is 294 g/mol. The van der Waals surface area contributed by atoms with Crippen molar-refractivity contribution < 1.29 is 4.79 Å². The van der Waals surface area contributed by atoms with E-state index >= 15 is 0 Å². The number of benzene rings is 2. The van der Waals surface area contributed by atoms with Crippen molar-refractivity contribution in [3.05, 3.63) is 62.6 Å². The van der Waals surface area contributed by atoms with E-state index in [1.165, 1.54) is 0 Å². The molecule has 0 saturated carbocycles. The summed E-state index contributed by atoms with van der Waals surface area (Å²) in [6, 6.07) is 8.39. The summed E-state index contributed by atoms with van der Waals surface area (Å²) >= 11 is 11.9. The minimum atomic E-state index is -0.192. The van der Waals surface area contributed by atoms with Gasteiger partial charge in [-0.1, -0.05) is 23.2 Å². The van der Waals surface area contributed by atoms with E-state index < -0.39 is 0 Å². The van der Waals surface area contributed by atoms with E-state index in [2.05, 4.69) is 0 Å². The number of halogens is 2. The molecule has 0 aliphatic rings. The fourth-order valence-electron chi connectivity index (χ4n) is 1.85. The number of rotatable bonds is 2. The molecule has 2 nitrogen and oxygen atoms in total. The molecule has 0 fully saturated rings. The number of hydrogen-bond donors (Lipinski definition) is 1. The molecule has 0 saturated heterocycles. The van der Waals surface area contributed by atoms with E-state index in [-0.39, 0.29) is 5.78 Å². The number of carbonyl (C=O) groups is 1. The van der Waals surface area contributed by atoms with Gasteiger partial charge in [0.1, 0.15) is 0 Å². The lowest BCUT2D eigenvalue weighted by molar-refractivity contribution is 0.103. The van der Waals surface area contributed by atoms with E-state index in [0.29, 0.717) is 26.9 Å². The Bertz CT molecular complexity index is 665. The highest BCUT2D eigenvalue weighted by Crippen LogP contribution is 2.26. The molecule has 0 unspecified atom stereocenters. The number of aryl methyl sites for hydroxylation is 2. The van der Waals surface area contributed by atoms with Crippen molar-refractivity contribution in [1.82, 2.24) is 0 Å². The van der Waals surface area contributed by atoms with E-state index in [1.54, 1.807) is 30.3 Å². The van der Waals surface area contributed by atoms with Gasteiger partial charge in [0.2, 0.25) is 0 Å². The van der Waals surface area contributed by atoms with Crippen LogP contribution in [0.25, 0.3) is 0 Å². The molecule has 0 radical (unpaired) electrons. The quantitative estimate of drug-likeness (QED) is 0.658. The first-order valence-corrected chi connectivity index (χ1v) is 6.52. The Morgan fingerprint density at radius 2 is 1.63 bits per heavy atom. The lowest BCUT2D eigenvalue weighted by Crippen LogP contribution is -2.07. The molecule has 0 atom stereocenters. The fraction of sp³-hybridized carbons (Fsp3) is 0.133. The van der Waals surface area contributed by atoms with Gasteiger partial charge in [-0.25, -0.2) is 0 Å². The van der Waals surface area contributed by atoms with Crippen LogP contribution >= 0.6 is 23.2 Å². The van der Waals surface area contributed by atoms with Crippen LogP contribution in [0.4, 0.5) is 5.69 Å². The Labute approximate surface area is 122 Å². The summed E-state index contributed by atoms with van der Waals surface area (Å²) in [7, 11) is 0. The molecule has 19 heavy (non-hydrogen) atoms. The van der Waals surface area contributed by atoms with Crippen LogP contribution < -0.4 is 5.73 Å². The first-order valence-electron chi connectivity index (χ1n) is 5.76. The first-order chi connectivity index (χ1) is 8.90. The lowest BCUT2D eigenvalue weighted by Gasteiger charge is -2.10. The summed E-state index contributed by atoms with van der Waals surface area (Å²) in [5.41, 5.74) is 9.31. The van der Waals surface area contributed by atoms with Crippen molar-refractivity contribution in [3.8, 4) is 0 Å². The van der Waals surface area contributed by atoms with Gasteiger partial charge < -0.3 is 5.73 Å². The molecule has 0 aliphatic heterocycles. The summed E-state index contributed by atoms with van der Waals surface area (Å²) in [4.78, 5) is 12.5. The maximum atomic E-state index is 12.5. The van der Waals surface area contributed by atoms with Crippen LogP contribution in [0.3, 0.4) is 0 Å². The van der Waals surface area contributed by atoms with Gasteiger partial charge in [-0.05, 0) is 55.3 Å². The molecule has 0 heterocycles. The standard InChI is InChI=1S/C15H13Cl2NO/c1-8-5-12(14(18)6-9(8)2)15(19)11-4-3-10(16)7-13(11)17/h3-7H,18H2,1-2H3. The number of ketones is 1. The number of nitrogens with two attached hydrogens (primary N) is 1. The number of anilines is 1. The maximum Gasteiger partial charge on any atom is 0.196 e. The molecule has 4 heteroatoms. The molecule has 0 aliphatic carbocycles. The summed E-state index contributed by atoms with van der Waals surface area (Å²) in [6.07, 6.45) is 0. The van der Waals surface area contributed by atoms with Crippen molar-refractivity contribution in [2.24, 2.45) is 0 Å². The smallest absolute Gasteiger partial charge is 0.196 e. The Kier molecular flexibility index (Phi) is 3.83. The van der Waals surface area contributed by atoms with Crippen LogP contribution in [-0.2, 0) is 0 Å². The predicted octanol–water partition coefficient (Wildman–Crippen LogP) is 4.42. The molecule has 2 rings (SSSR count). The lowest BCUT2D eigenvalue weighted by atomic mass is 9.97. The van der Waals surface area contributed by atoms with Gasteiger partial charge in [0, 0.05) is 21.8 Å².